The molecule has 1 aromatic heterocycles. The van der Waals surface area contributed by atoms with Gasteiger partial charge in [-0.25, -0.2) is 0 Å². The molecule has 1 aliphatic rings. The lowest BCUT2D eigenvalue weighted by Crippen LogP contribution is -2.44. The van der Waals surface area contributed by atoms with Gasteiger partial charge in [-0.2, -0.15) is 0 Å². The second-order valence-corrected chi connectivity index (χ2v) is 5.69. The second kappa shape index (κ2) is 6.30. The molecular weight excluding hydrogens is 344 g/mol. The van der Waals surface area contributed by atoms with Crippen LogP contribution in [0.5, 0.6) is 0 Å². The van der Waals surface area contributed by atoms with Crippen LogP contribution in [0.1, 0.15) is 23.4 Å². The van der Waals surface area contributed by atoms with E-state index < -0.39 is 11.9 Å². The standard InChI is InChI=1S/C13H15BrN2O5/c1-15(13(20)9-4-5-10(14)21-9)6-11(17)16(7-12(18)19)8-2-3-8/h4-5,8H,2-3,6-7H2,1H3,(H,18,19). The van der Waals surface area contributed by atoms with Crippen molar-refractivity contribution in [2.24, 2.45) is 0 Å². The highest BCUT2D eigenvalue weighted by Gasteiger charge is 2.34. The molecule has 0 aromatic carbocycles. The Morgan fingerprint density at radius 2 is 2.00 bits per heavy atom. The summed E-state index contributed by atoms with van der Waals surface area (Å²) in [5, 5.41) is 8.84. The van der Waals surface area contributed by atoms with Crippen LogP contribution in [0.3, 0.4) is 0 Å². The third-order valence-corrected chi connectivity index (χ3v) is 3.54. The molecule has 0 bridgehead atoms. The van der Waals surface area contributed by atoms with E-state index >= 15 is 0 Å². The number of carbonyl (C=O) groups is 3. The van der Waals surface area contributed by atoms with E-state index in [2.05, 4.69) is 15.9 Å². The fraction of sp³-hybridized carbons (Fsp3) is 0.462. The minimum atomic E-state index is -1.06. The molecule has 0 atom stereocenters. The maximum absolute atomic E-state index is 12.1. The van der Waals surface area contributed by atoms with Crippen LogP contribution in [0, 0.1) is 0 Å². The Kier molecular flexibility index (Phi) is 4.66. The van der Waals surface area contributed by atoms with Gasteiger partial charge in [0.25, 0.3) is 5.91 Å². The van der Waals surface area contributed by atoms with Gasteiger partial charge in [0, 0.05) is 13.1 Å². The van der Waals surface area contributed by atoms with Crippen molar-refractivity contribution in [3.05, 3.63) is 22.6 Å². The largest absolute Gasteiger partial charge is 0.480 e. The molecule has 1 saturated carbocycles. The van der Waals surface area contributed by atoms with Crippen molar-refractivity contribution < 1.29 is 23.9 Å². The van der Waals surface area contributed by atoms with Gasteiger partial charge in [0.15, 0.2) is 10.4 Å². The van der Waals surface area contributed by atoms with Crippen molar-refractivity contribution in [3.63, 3.8) is 0 Å². The number of rotatable bonds is 6. The fourth-order valence-corrected chi connectivity index (χ4v) is 2.24. The molecule has 7 nitrogen and oxygen atoms in total. The number of carboxylic acids is 1. The van der Waals surface area contributed by atoms with Crippen LogP contribution in [0.4, 0.5) is 0 Å². The van der Waals surface area contributed by atoms with Gasteiger partial charge in [-0.15, -0.1) is 0 Å². The van der Waals surface area contributed by atoms with Crippen LogP contribution in [-0.2, 0) is 9.59 Å². The van der Waals surface area contributed by atoms with Crippen LogP contribution in [0.15, 0.2) is 21.2 Å². The molecule has 1 N–H and O–H groups in total. The molecule has 0 aliphatic heterocycles. The van der Waals surface area contributed by atoms with Crippen molar-refractivity contribution in [2.75, 3.05) is 20.1 Å². The summed E-state index contributed by atoms with van der Waals surface area (Å²) in [6.45, 7) is -0.515. The number of carboxylic acid groups (broad SMARTS) is 1. The molecule has 2 amide bonds. The zero-order valence-corrected chi connectivity index (χ0v) is 13.0. The van der Waals surface area contributed by atoms with Crippen molar-refractivity contribution in [3.8, 4) is 0 Å². The topological polar surface area (TPSA) is 91.1 Å². The van der Waals surface area contributed by atoms with Crippen LogP contribution < -0.4 is 0 Å². The molecule has 0 saturated heterocycles. The highest BCUT2D eigenvalue weighted by molar-refractivity contribution is 9.10. The molecule has 1 aliphatic carbocycles. The summed E-state index contributed by atoms with van der Waals surface area (Å²) in [4.78, 5) is 37.5. The monoisotopic (exact) mass is 358 g/mol. The summed E-state index contributed by atoms with van der Waals surface area (Å²) in [5.41, 5.74) is 0. The van der Waals surface area contributed by atoms with Gasteiger partial charge in [0.2, 0.25) is 5.91 Å². The van der Waals surface area contributed by atoms with Gasteiger partial charge in [0.05, 0.1) is 6.54 Å². The number of hydrogen-bond acceptors (Lipinski definition) is 4. The molecule has 1 heterocycles. The van der Waals surface area contributed by atoms with Gasteiger partial charge in [-0.3, -0.25) is 14.4 Å². The van der Waals surface area contributed by atoms with E-state index in [4.69, 9.17) is 9.52 Å². The van der Waals surface area contributed by atoms with Crippen LogP contribution >= 0.6 is 15.9 Å². The summed E-state index contributed by atoms with van der Waals surface area (Å²) in [7, 11) is 1.47. The van der Waals surface area contributed by atoms with Gasteiger partial charge in [0.1, 0.15) is 6.54 Å². The quantitative estimate of drug-likeness (QED) is 0.824. The summed E-state index contributed by atoms with van der Waals surface area (Å²) >= 11 is 3.10. The predicted molar refractivity (Wildman–Crippen MR) is 75.7 cm³/mol. The Morgan fingerprint density at radius 3 is 2.48 bits per heavy atom. The van der Waals surface area contributed by atoms with E-state index in [-0.39, 0.29) is 30.8 Å². The Hall–Kier alpha value is -1.83. The van der Waals surface area contributed by atoms with E-state index in [0.717, 1.165) is 12.8 Å². The molecule has 8 heteroatoms. The number of aliphatic carboxylic acids is 1. The van der Waals surface area contributed by atoms with E-state index in [1.165, 1.54) is 22.9 Å². The third kappa shape index (κ3) is 4.07. The molecule has 0 radical (unpaired) electrons. The predicted octanol–water partition coefficient (Wildman–Crippen LogP) is 1.19. The van der Waals surface area contributed by atoms with Gasteiger partial charge < -0.3 is 19.3 Å². The molecule has 1 fully saturated rings. The number of nitrogens with zero attached hydrogens (tertiary/aromatic N) is 2. The summed E-state index contributed by atoms with van der Waals surface area (Å²) < 4.78 is 5.57. The minimum absolute atomic E-state index is 0.0186. The summed E-state index contributed by atoms with van der Waals surface area (Å²) in [6, 6.07) is 3.07. The summed E-state index contributed by atoms with van der Waals surface area (Å²) in [5.74, 6) is -1.74. The lowest BCUT2D eigenvalue weighted by molar-refractivity contribution is -0.145. The Bertz CT molecular complexity index is 567. The number of furan rings is 1. The number of carbonyl (C=O) groups excluding carboxylic acids is 2. The highest BCUT2D eigenvalue weighted by Crippen LogP contribution is 2.26. The maximum atomic E-state index is 12.1. The van der Waals surface area contributed by atoms with Gasteiger partial charge in [-0.1, -0.05) is 0 Å². The lowest BCUT2D eigenvalue weighted by Gasteiger charge is -2.23. The molecule has 0 unspecified atom stereocenters. The molecule has 2 rings (SSSR count). The van der Waals surface area contributed by atoms with E-state index in [0.29, 0.717) is 4.67 Å². The number of amides is 2. The van der Waals surface area contributed by atoms with Crippen molar-refractivity contribution in [2.45, 2.75) is 18.9 Å². The van der Waals surface area contributed by atoms with Crippen molar-refractivity contribution >= 4 is 33.7 Å². The normalized spacial score (nSPS) is 13.8. The molecule has 0 spiro atoms. The average Bonchev–Trinajstić information content (AvgIpc) is 3.16. The van der Waals surface area contributed by atoms with Crippen LogP contribution in [-0.4, -0.2) is 58.9 Å². The van der Waals surface area contributed by atoms with Crippen LogP contribution in [0.2, 0.25) is 0 Å². The van der Waals surface area contributed by atoms with Crippen molar-refractivity contribution in [1.82, 2.24) is 9.80 Å². The molecular formula is C13H15BrN2O5. The maximum Gasteiger partial charge on any atom is 0.323 e. The molecule has 21 heavy (non-hydrogen) atoms. The van der Waals surface area contributed by atoms with Gasteiger partial charge >= 0.3 is 5.97 Å². The highest BCUT2D eigenvalue weighted by atomic mass is 79.9. The smallest absolute Gasteiger partial charge is 0.323 e. The minimum Gasteiger partial charge on any atom is -0.480 e. The van der Waals surface area contributed by atoms with E-state index in [1.54, 1.807) is 6.07 Å². The van der Waals surface area contributed by atoms with E-state index in [1.807, 2.05) is 0 Å². The first-order valence-electron chi connectivity index (χ1n) is 6.40. The fourth-order valence-electron chi connectivity index (χ4n) is 1.94. The third-order valence-electron chi connectivity index (χ3n) is 3.12. The zero-order valence-electron chi connectivity index (χ0n) is 11.4. The number of halogens is 1. The number of likely N-dealkylation sites (N-methyl/N-ethyl adjacent to an activating group) is 1. The van der Waals surface area contributed by atoms with Crippen molar-refractivity contribution in [1.29, 1.82) is 0 Å². The Balaban J connectivity index is 1.97. The first kappa shape index (κ1) is 15.6. The zero-order chi connectivity index (χ0) is 15.6. The summed E-state index contributed by atoms with van der Waals surface area (Å²) in [6.07, 6.45) is 1.61. The van der Waals surface area contributed by atoms with Gasteiger partial charge in [-0.05, 0) is 40.9 Å². The Morgan fingerprint density at radius 1 is 1.33 bits per heavy atom. The Labute approximate surface area is 129 Å². The number of hydrogen-bond donors (Lipinski definition) is 1. The average molecular weight is 359 g/mol. The first-order valence-corrected chi connectivity index (χ1v) is 7.20. The molecule has 114 valence electrons. The SMILES string of the molecule is CN(CC(=O)N(CC(=O)O)C1CC1)C(=O)c1ccc(Br)o1. The second-order valence-electron chi connectivity index (χ2n) is 4.91. The van der Waals surface area contributed by atoms with Crippen LogP contribution in [0.25, 0.3) is 0 Å². The van der Waals surface area contributed by atoms with E-state index in [9.17, 15) is 14.4 Å². The first-order chi connectivity index (χ1) is 9.88. The molecule has 1 aromatic rings. The lowest BCUT2D eigenvalue weighted by atomic mass is 10.3.